The van der Waals surface area contributed by atoms with Crippen molar-refractivity contribution >= 4 is 17.5 Å². The van der Waals surface area contributed by atoms with E-state index in [4.69, 9.17) is 16.3 Å². The lowest BCUT2D eigenvalue weighted by molar-refractivity contribution is -0.120. The molecule has 1 saturated heterocycles. The third-order valence-corrected chi connectivity index (χ3v) is 5.35. The molecular weight excluding hydrogens is 376 g/mol. The Balaban J connectivity index is 1.56. The fourth-order valence-corrected chi connectivity index (χ4v) is 3.93. The third-order valence-electron chi connectivity index (χ3n) is 5.10. The zero-order valence-electron chi connectivity index (χ0n) is 17.0. The Kier molecular flexibility index (Phi) is 6.75. The minimum Gasteiger partial charge on any atom is -0.373 e. The normalized spacial score (nSPS) is 20.3. The molecule has 0 bridgehead atoms. The van der Waals surface area contributed by atoms with Crippen molar-refractivity contribution in [1.82, 2.24) is 20.0 Å². The number of amides is 1. The maximum absolute atomic E-state index is 12.5. The molecule has 152 valence electrons. The van der Waals surface area contributed by atoms with Crippen LogP contribution in [-0.4, -0.2) is 59.0 Å². The van der Waals surface area contributed by atoms with Gasteiger partial charge < -0.3 is 10.1 Å². The van der Waals surface area contributed by atoms with Crippen molar-refractivity contribution in [2.45, 2.75) is 46.3 Å². The lowest BCUT2D eigenvalue weighted by Crippen LogP contribution is -2.48. The van der Waals surface area contributed by atoms with Gasteiger partial charge in [0, 0.05) is 42.5 Å². The summed E-state index contributed by atoms with van der Waals surface area (Å²) in [6.07, 6.45) is 0.813. The predicted molar refractivity (Wildman–Crippen MR) is 111 cm³/mol. The van der Waals surface area contributed by atoms with Crippen LogP contribution in [0.4, 0.5) is 0 Å². The van der Waals surface area contributed by atoms with E-state index in [0.717, 1.165) is 42.3 Å². The molecule has 0 spiro atoms. The number of morpholine rings is 1. The van der Waals surface area contributed by atoms with E-state index in [-0.39, 0.29) is 18.1 Å². The Bertz CT molecular complexity index is 809. The van der Waals surface area contributed by atoms with E-state index in [1.54, 1.807) is 0 Å². The molecule has 2 aromatic rings. The fourth-order valence-electron chi connectivity index (χ4n) is 3.81. The van der Waals surface area contributed by atoms with Gasteiger partial charge in [0.1, 0.15) is 0 Å². The van der Waals surface area contributed by atoms with Gasteiger partial charge in [0.15, 0.2) is 0 Å². The summed E-state index contributed by atoms with van der Waals surface area (Å²) in [5.41, 5.74) is 3.76. The van der Waals surface area contributed by atoms with Crippen molar-refractivity contribution in [3.05, 3.63) is 46.2 Å². The first kappa shape index (κ1) is 20.8. The predicted octanol–water partition coefficient (Wildman–Crippen LogP) is 2.91. The molecule has 1 aromatic carbocycles. The molecule has 1 aliphatic rings. The molecule has 1 aromatic heterocycles. The van der Waals surface area contributed by atoms with Gasteiger partial charge in [-0.2, -0.15) is 5.10 Å². The van der Waals surface area contributed by atoms with Gasteiger partial charge in [0.25, 0.3) is 0 Å². The van der Waals surface area contributed by atoms with Crippen LogP contribution < -0.4 is 5.32 Å². The molecule has 0 aliphatic carbocycles. The van der Waals surface area contributed by atoms with E-state index in [9.17, 15) is 4.79 Å². The average Bonchev–Trinajstić information content (AvgIpc) is 2.90. The van der Waals surface area contributed by atoms with Gasteiger partial charge in [-0.25, -0.2) is 4.68 Å². The number of aromatic nitrogens is 2. The van der Waals surface area contributed by atoms with Crippen LogP contribution in [0.2, 0.25) is 5.02 Å². The van der Waals surface area contributed by atoms with Gasteiger partial charge in [-0.05, 0) is 52.0 Å². The Hall–Kier alpha value is -1.89. The van der Waals surface area contributed by atoms with Crippen molar-refractivity contribution in [1.29, 1.82) is 0 Å². The molecular formula is C21H29ClN4O2. The maximum Gasteiger partial charge on any atom is 0.224 e. The highest BCUT2D eigenvalue weighted by Crippen LogP contribution is 2.20. The summed E-state index contributed by atoms with van der Waals surface area (Å²) in [6.45, 7) is 11.4. The number of rotatable bonds is 6. The second kappa shape index (κ2) is 9.07. The summed E-state index contributed by atoms with van der Waals surface area (Å²) in [4.78, 5) is 14.8. The SMILES string of the molecule is Cc1nn(-c2ccc(Cl)cc2)c(C)c1CC(=O)NCCN1C[C@@H](C)O[C@H](C)C1. The van der Waals surface area contributed by atoms with Crippen LogP contribution in [0.3, 0.4) is 0 Å². The number of halogens is 1. The second-order valence-electron chi connectivity index (χ2n) is 7.58. The largest absolute Gasteiger partial charge is 0.373 e. The second-order valence-corrected chi connectivity index (χ2v) is 8.02. The zero-order valence-corrected chi connectivity index (χ0v) is 17.8. The van der Waals surface area contributed by atoms with E-state index in [0.29, 0.717) is 18.0 Å². The first-order chi connectivity index (χ1) is 13.3. The van der Waals surface area contributed by atoms with Crippen molar-refractivity contribution in [3.63, 3.8) is 0 Å². The highest BCUT2D eigenvalue weighted by molar-refractivity contribution is 6.30. The number of nitrogens with one attached hydrogen (secondary N) is 1. The van der Waals surface area contributed by atoms with Crippen molar-refractivity contribution < 1.29 is 9.53 Å². The lowest BCUT2D eigenvalue weighted by Gasteiger charge is -2.35. The lowest BCUT2D eigenvalue weighted by atomic mass is 10.1. The smallest absolute Gasteiger partial charge is 0.224 e. The van der Waals surface area contributed by atoms with Gasteiger partial charge in [0.2, 0.25) is 5.91 Å². The molecule has 6 nitrogen and oxygen atoms in total. The topological polar surface area (TPSA) is 59.4 Å². The van der Waals surface area contributed by atoms with Crippen LogP contribution in [0, 0.1) is 13.8 Å². The number of carbonyl (C=O) groups is 1. The van der Waals surface area contributed by atoms with E-state index in [2.05, 4.69) is 29.2 Å². The van der Waals surface area contributed by atoms with Crippen LogP contribution in [-0.2, 0) is 16.0 Å². The summed E-state index contributed by atoms with van der Waals surface area (Å²) in [6, 6.07) is 7.53. The summed E-state index contributed by atoms with van der Waals surface area (Å²) >= 11 is 5.97. The quantitative estimate of drug-likeness (QED) is 0.804. The molecule has 0 unspecified atom stereocenters. The molecule has 7 heteroatoms. The first-order valence-electron chi connectivity index (χ1n) is 9.79. The first-order valence-corrected chi connectivity index (χ1v) is 10.2. The number of benzene rings is 1. The Morgan fingerprint density at radius 1 is 1.21 bits per heavy atom. The number of hydrogen-bond donors (Lipinski definition) is 1. The minimum absolute atomic E-state index is 0.0243. The molecule has 0 saturated carbocycles. The monoisotopic (exact) mass is 404 g/mol. The maximum atomic E-state index is 12.5. The van der Waals surface area contributed by atoms with E-state index in [1.807, 2.05) is 42.8 Å². The van der Waals surface area contributed by atoms with Crippen LogP contribution in [0.1, 0.15) is 30.8 Å². The third kappa shape index (κ3) is 5.13. The van der Waals surface area contributed by atoms with E-state index < -0.39 is 0 Å². The van der Waals surface area contributed by atoms with Gasteiger partial charge >= 0.3 is 0 Å². The number of ether oxygens (including phenoxy) is 1. The molecule has 1 N–H and O–H groups in total. The minimum atomic E-state index is 0.0243. The molecule has 2 heterocycles. The summed E-state index contributed by atoms with van der Waals surface area (Å²) in [5, 5.41) is 8.34. The van der Waals surface area contributed by atoms with Crippen LogP contribution in [0.25, 0.3) is 5.69 Å². The van der Waals surface area contributed by atoms with Gasteiger partial charge in [-0.15, -0.1) is 0 Å². The molecule has 28 heavy (non-hydrogen) atoms. The number of aryl methyl sites for hydroxylation is 1. The van der Waals surface area contributed by atoms with Crippen LogP contribution >= 0.6 is 11.6 Å². The number of nitrogens with zero attached hydrogens (tertiary/aromatic N) is 3. The molecule has 2 atom stereocenters. The molecule has 1 fully saturated rings. The highest BCUT2D eigenvalue weighted by atomic mass is 35.5. The Labute approximate surface area is 171 Å². The Morgan fingerprint density at radius 3 is 2.50 bits per heavy atom. The number of hydrogen-bond acceptors (Lipinski definition) is 4. The standard InChI is InChI=1S/C21H29ClN4O2/c1-14-12-25(13-15(2)28-14)10-9-23-21(27)11-20-16(3)24-26(17(20)4)19-7-5-18(22)6-8-19/h5-8,14-15H,9-13H2,1-4H3,(H,23,27)/t14-,15-/m1/s1. The molecule has 0 radical (unpaired) electrons. The highest BCUT2D eigenvalue weighted by Gasteiger charge is 2.22. The molecule has 1 amide bonds. The Morgan fingerprint density at radius 2 is 1.86 bits per heavy atom. The summed E-state index contributed by atoms with van der Waals surface area (Å²) < 4.78 is 7.61. The van der Waals surface area contributed by atoms with Crippen LogP contribution in [0.5, 0.6) is 0 Å². The fraction of sp³-hybridized carbons (Fsp3) is 0.524. The van der Waals surface area contributed by atoms with Gasteiger partial charge in [-0.3, -0.25) is 9.69 Å². The average molecular weight is 405 g/mol. The van der Waals surface area contributed by atoms with Gasteiger partial charge in [-0.1, -0.05) is 11.6 Å². The molecule has 1 aliphatic heterocycles. The summed E-state index contributed by atoms with van der Waals surface area (Å²) in [7, 11) is 0. The van der Waals surface area contributed by atoms with Crippen LogP contribution in [0.15, 0.2) is 24.3 Å². The zero-order chi connectivity index (χ0) is 20.3. The van der Waals surface area contributed by atoms with Crippen molar-refractivity contribution in [2.24, 2.45) is 0 Å². The number of carbonyl (C=O) groups excluding carboxylic acids is 1. The summed E-state index contributed by atoms with van der Waals surface area (Å²) in [5.74, 6) is 0.0243. The molecule has 3 rings (SSSR count). The van der Waals surface area contributed by atoms with Crippen molar-refractivity contribution in [2.75, 3.05) is 26.2 Å². The van der Waals surface area contributed by atoms with E-state index >= 15 is 0 Å². The van der Waals surface area contributed by atoms with Crippen molar-refractivity contribution in [3.8, 4) is 5.69 Å². The van der Waals surface area contributed by atoms with E-state index in [1.165, 1.54) is 0 Å². The van der Waals surface area contributed by atoms with Gasteiger partial charge in [0.05, 0.1) is 30.0 Å².